The maximum absolute atomic E-state index is 13.4. The van der Waals surface area contributed by atoms with Crippen molar-refractivity contribution in [1.29, 1.82) is 0 Å². The molecule has 0 bridgehead atoms. The number of sulfonamides is 1. The lowest BCUT2D eigenvalue weighted by molar-refractivity contribution is -0.137. The summed E-state index contributed by atoms with van der Waals surface area (Å²) in [7, 11) is -4.58. The van der Waals surface area contributed by atoms with Crippen LogP contribution in [0.1, 0.15) is 52.7 Å². The van der Waals surface area contributed by atoms with Crippen LogP contribution in [0.4, 0.5) is 24.5 Å². The zero-order valence-corrected chi connectivity index (χ0v) is 25.8. The van der Waals surface area contributed by atoms with Crippen LogP contribution >= 0.6 is 11.6 Å². The number of carbonyl (C=O) groups is 1. The van der Waals surface area contributed by atoms with E-state index in [4.69, 9.17) is 17.3 Å². The Morgan fingerprint density at radius 3 is 2.23 bits per heavy atom. The molecule has 0 aromatic heterocycles. The van der Waals surface area contributed by atoms with Gasteiger partial charge < -0.3 is 10.6 Å². The number of benzene rings is 3. The van der Waals surface area contributed by atoms with Gasteiger partial charge in [0.2, 0.25) is 0 Å². The van der Waals surface area contributed by atoms with Crippen LogP contribution in [0.3, 0.4) is 0 Å². The van der Waals surface area contributed by atoms with Crippen LogP contribution in [0.5, 0.6) is 0 Å². The SMILES string of the molecule is Cc1cc(S(=O)(=O)NC(=O)c2ccc(N3CCN(CC4=C(c5ccc(Cl)cc5)CCCC4)CC3)cc2)cc(C(F)(F)F)c1N. The second kappa shape index (κ2) is 12.8. The van der Waals surface area contributed by atoms with Crippen LogP contribution in [0.2, 0.25) is 5.02 Å². The summed E-state index contributed by atoms with van der Waals surface area (Å²) in [5, 5.41) is 0.734. The number of alkyl halides is 3. The predicted molar refractivity (Wildman–Crippen MR) is 167 cm³/mol. The molecule has 44 heavy (non-hydrogen) atoms. The number of nitrogen functional groups attached to an aromatic ring is 1. The Balaban J connectivity index is 1.20. The Morgan fingerprint density at radius 1 is 0.955 bits per heavy atom. The Hall–Kier alpha value is -3.54. The highest BCUT2D eigenvalue weighted by Gasteiger charge is 2.35. The van der Waals surface area contributed by atoms with Crippen molar-refractivity contribution in [2.75, 3.05) is 43.4 Å². The molecule has 1 fully saturated rings. The summed E-state index contributed by atoms with van der Waals surface area (Å²) in [6.45, 7) is 5.54. The molecule has 1 aliphatic carbocycles. The summed E-state index contributed by atoms with van der Waals surface area (Å²) in [4.78, 5) is 16.7. The normalized spacial score (nSPS) is 16.7. The lowest BCUT2D eigenvalue weighted by Gasteiger charge is -2.37. The number of anilines is 2. The number of rotatable bonds is 7. The second-order valence-electron chi connectivity index (χ2n) is 11.2. The monoisotopic (exact) mass is 646 g/mol. The van der Waals surface area contributed by atoms with Crippen LogP contribution in [0.15, 0.2) is 71.1 Å². The number of hydrogen-bond donors (Lipinski definition) is 2. The van der Waals surface area contributed by atoms with E-state index < -0.39 is 38.3 Å². The summed E-state index contributed by atoms with van der Waals surface area (Å²) in [5.41, 5.74) is 8.75. The van der Waals surface area contributed by atoms with Gasteiger partial charge in [-0.3, -0.25) is 9.69 Å². The molecule has 0 spiro atoms. The Morgan fingerprint density at radius 2 is 1.59 bits per heavy atom. The largest absolute Gasteiger partial charge is 0.418 e. The number of allylic oxidation sites excluding steroid dienone is 1. The predicted octanol–water partition coefficient (Wildman–Crippen LogP) is 6.52. The fraction of sp³-hybridized carbons (Fsp3) is 0.344. The summed E-state index contributed by atoms with van der Waals surface area (Å²) >= 11 is 6.10. The topological polar surface area (TPSA) is 95.7 Å². The first-order valence-electron chi connectivity index (χ1n) is 14.4. The fourth-order valence-corrected chi connectivity index (χ4v) is 7.01. The number of carbonyl (C=O) groups excluding carboxylic acids is 1. The van der Waals surface area contributed by atoms with Crippen molar-refractivity contribution in [3.05, 3.63) is 93.5 Å². The first kappa shape index (κ1) is 31.9. The zero-order valence-electron chi connectivity index (χ0n) is 24.3. The van der Waals surface area contributed by atoms with E-state index in [1.807, 2.05) is 16.9 Å². The molecular formula is C32H34ClF3N4O3S. The third-order valence-corrected chi connectivity index (χ3v) is 9.82. The maximum atomic E-state index is 13.4. The Bertz CT molecular complexity index is 1670. The van der Waals surface area contributed by atoms with Gasteiger partial charge in [0.05, 0.1) is 10.5 Å². The summed E-state index contributed by atoms with van der Waals surface area (Å²) in [5.74, 6) is -0.943. The molecule has 3 aromatic carbocycles. The van der Waals surface area contributed by atoms with E-state index in [0.717, 1.165) is 62.3 Å². The number of piperazine rings is 1. The molecule has 0 saturated carbocycles. The van der Waals surface area contributed by atoms with Crippen LogP contribution < -0.4 is 15.4 Å². The molecule has 1 amide bonds. The number of halogens is 4. The molecule has 1 aliphatic heterocycles. The molecule has 1 saturated heterocycles. The third-order valence-electron chi connectivity index (χ3n) is 8.26. The highest BCUT2D eigenvalue weighted by molar-refractivity contribution is 7.90. The first-order valence-corrected chi connectivity index (χ1v) is 16.3. The third kappa shape index (κ3) is 7.22. The van der Waals surface area contributed by atoms with Crippen molar-refractivity contribution < 1.29 is 26.4 Å². The van der Waals surface area contributed by atoms with E-state index in [9.17, 15) is 26.4 Å². The van der Waals surface area contributed by atoms with E-state index in [1.54, 1.807) is 12.1 Å². The van der Waals surface area contributed by atoms with Gasteiger partial charge in [0, 0.05) is 54.7 Å². The highest BCUT2D eigenvalue weighted by Crippen LogP contribution is 2.37. The minimum Gasteiger partial charge on any atom is -0.398 e. The first-order chi connectivity index (χ1) is 20.8. The lowest BCUT2D eigenvalue weighted by Crippen LogP contribution is -2.47. The van der Waals surface area contributed by atoms with Crippen molar-refractivity contribution in [2.24, 2.45) is 0 Å². The standard InChI is InChI=1S/C32H34ClF3N4O3S/c1-21-18-27(19-29(30(21)37)32(34,35)36)44(42,43)38-31(41)23-8-12-26(13-9-23)40-16-14-39(15-17-40)20-24-4-2-3-5-28(24)22-6-10-25(33)11-7-22/h6-13,18-19H,2-5,14-17,20,37H2,1H3,(H,38,41). The van der Waals surface area contributed by atoms with Crippen molar-refractivity contribution in [1.82, 2.24) is 9.62 Å². The van der Waals surface area contributed by atoms with Gasteiger partial charge in [-0.1, -0.05) is 29.3 Å². The number of nitrogens with zero attached hydrogens (tertiary/aromatic N) is 2. The minimum atomic E-state index is -4.85. The van der Waals surface area contributed by atoms with Gasteiger partial charge in [-0.2, -0.15) is 13.2 Å². The lowest BCUT2D eigenvalue weighted by atomic mass is 9.87. The summed E-state index contributed by atoms with van der Waals surface area (Å²) in [6, 6.07) is 16.0. The average Bonchev–Trinajstić information content (AvgIpc) is 2.99. The molecule has 5 rings (SSSR count). The molecule has 1 heterocycles. The van der Waals surface area contributed by atoms with Crippen molar-refractivity contribution in [2.45, 2.75) is 43.7 Å². The molecule has 3 aromatic rings. The molecule has 0 atom stereocenters. The highest BCUT2D eigenvalue weighted by atomic mass is 35.5. The van der Waals surface area contributed by atoms with Crippen LogP contribution in [0.25, 0.3) is 5.57 Å². The summed E-state index contributed by atoms with van der Waals surface area (Å²) < 4.78 is 67.5. The van der Waals surface area contributed by atoms with Gasteiger partial charge in [0.15, 0.2) is 0 Å². The van der Waals surface area contributed by atoms with Gasteiger partial charge in [-0.15, -0.1) is 0 Å². The van der Waals surface area contributed by atoms with Crippen molar-refractivity contribution >= 4 is 44.5 Å². The van der Waals surface area contributed by atoms with E-state index in [-0.39, 0.29) is 11.1 Å². The van der Waals surface area contributed by atoms with Crippen LogP contribution in [-0.4, -0.2) is 51.9 Å². The molecule has 7 nitrogen and oxygen atoms in total. The second-order valence-corrected chi connectivity index (χ2v) is 13.4. The molecule has 12 heteroatoms. The minimum absolute atomic E-state index is 0.0606. The Labute approximate surface area is 260 Å². The molecule has 0 radical (unpaired) electrons. The number of nitrogens with one attached hydrogen (secondary N) is 1. The fourth-order valence-electron chi connectivity index (χ4n) is 5.79. The van der Waals surface area contributed by atoms with Gasteiger partial charge in [0.1, 0.15) is 0 Å². The van der Waals surface area contributed by atoms with Crippen molar-refractivity contribution in [3.63, 3.8) is 0 Å². The van der Waals surface area contributed by atoms with Gasteiger partial charge in [-0.25, -0.2) is 13.1 Å². The number of nitrogens with two attached hydrogens (primary N) is 1. The zero-order chi connectivity index (χ0) is 31.6. The molecule has 0 unspecified atom stereocenters. The smallest absolute Gasteiger partial charge is 0.398 e. The van der Waals surface area contributed by atoms with Gasteiger partial charge in [-0.05, 0) is 97.8 Å². The van der Waals surface area contributed by atoms with E-state index >= 15 is 0 Å². The van der Waals surface area contributed by atoms with E-state index in [0.29, 0.717) is 6.07 Å². The summed E-state index contributed by atoms with van der Waals surface area (Å²) in [6.07, 6.45) is -0.290. The van der Waals surface area contributed by atoms with E-state index in [2.05, 4.69) is 21.9 Å². The maximum Gasteiger partial charge on any atom is 0.418 e. The molecular weight excluding hydrogens is 613 g/mol. The van der Waals surface area contributed by atoms with E-state index in [1.165, 1.54) is 48.6 Å². The van der Waals surface area contributed by atoms with Crippen LogP contribution in [0, 0.1) is 6.92 Å². The van der Waals surface area contributed by atoms with Crippen molar-refractivity contribution in [3.8, 4) is 0 Å². The quantitative estimate of drug-likeness (QED) is 0.284. The van der Waals surface area contributed by atoms with Gasteiger partial charge in [0.25, 0.3) is 15.9 Å². The molecule has 234 valence electrons. The number of amides is 1. The average molecular weight is 647 g/mol. The molecule has 2 aliphatic rings. The Kier molecular flexibility index (Phi) is 9.29. The number of hydrogen-bond acceptors (Lipinski definition) is 6. The van der Waals surface area contributed by atoms with Gasteiger partial charge >= 0.3 is 6.18 Å². The molecule has 3 N–H and O–H groups in total. The number of aryl methyl sites for hydroxylation is 1. The van der Waals surface area contributed by atoms with Crippen LogP contribution in [-0.2, 0) is 16.2 Å².